The molecule has 0 fully saturated rings. The van der Waals surface area contributed by atoms with Crippen LogP contribution in [0.5, 0.6) is 0 Å². The first-order chi connectivity index (χ1) is 19.4. The third-order valence-electron chi connectivity index (χ3n) is 6.58. The molecule has 3 aromatic carbocycles. The number of para-hydroxylation sites is 2. The van der Waals surface area contributed by atoms with Crippen LogP contribution in [0.4, 0.5) is 17.1 Å². The van der Waals surface area contributed by atoms with Gasteiger partial charge in [-0.15, -0.1) is 42.0 Å². The van der Waals surface area contributed by atoms with E-state index in [1.807, 2.05) is 72.3 Å². The molecular formula is C35H30IrN4O. The van der Waals surface area contributed by atoms with Crippen LogP contribution in [0.15, 0.2) is 102 Å². The van der Waals surface area contributed by atoms with Gasteiger partial charge in [-0.25, -0.2) is 4.98 Å². The zero-order valence-electron chi connectivity index (χ0n) is 23.5. The monoisotopic (exact) mass is 715 g/mol. The summed E-state index contributed by atoms with van der Waals surface area (Å²) in [5, 5.41) is 2.06. The van der Waals surface area contributed by atoms with Gasteiger partial charge >= 0.3 is 6.01 Å². The van der Waals surface area contributed by atoms with E-state index in [-0.39, 0.29) is 25.5 Å². The molecule has 0 bridgehead atoms. The van der Waals surface area contributed by atoms with E-state index in [4.69, 9.17) is 4.42 Å². The molecule has 41 heavy (non-hydrogen) atoms. The zero-order chi connectivity index (χ0) is 27.7. The molecule has 1 aliphatic heterocycles. The van der Waals surface area contributed by atoms with Gasteiger partial charge in [0.25, 0.3) is 11.4 Å². The number of fused-ring (bicyclic) bond motifs is 4. The van der Waals surface area contributed by atoms with Gasteiger partial charge in [0.15, 0.2) is 12.2 Å². The van der Waals surface area contributed by atoms with Gasteiger partial charge in [-0.05, 0) is 30.3 Å². The standard InChI is InChI=1S/C23H20N3O.C12H10N.Ir/c1-23(2,3)14-25-15-26(19-11-5-4-10-18(19)25)20-12-6-8-16-17-9-7-13-24-22(17)27-21(16)20;1-10-7-8-12(13-9-10)11-5-3-2-4-6-11;/h4-11,13H,14H2,1-3H3;2-5,7-9H,1H3;/q+1;-1;. The Morgan fingerprint density at radius 3 is 2.37 bits per heavy atom. The molecule has 6 aromatic rings. The van der Waals surface area contributed by atoms with Crippen molar-refractivity contribution in [2.75, 3.05) is 6.54 Å². The Morgan fingerprint density at radius 1 is 0.829 bits per heavy atom. The fourth-order valence-electron chi connectivity index (χ4n) is 4.78. The van der Waals surface area contributed by atoms with Crippen LogP contribution in [0.3, 0.4) is 0 Å². The van der Waals surface area contributed by atoms with Crippen molar-refractivity contribution in [1.29, 1.82) is 0 Å². The summed E-state index contributed by atoms with van der Waals surface area (Å²) in [4.78, 5) is 8.68. The Balaban J connectivity index is 0.000000204. The van der Waals surface area contributed by atoms with E-state index < -0.39 is 0 Å². The molecule has 5 nitrogen and oxygen atoms in total. The van der Waals surface area contributed by atoms with Gasteiger partial charge in [0.2, 0.25) is 5.71 Å². The predicted molar refractivity (Wildman–Crippen MR) is 161 cm³/mol. The third kappa shape index (κ3) is 5.96. The van der Waals surface area contributed by atoms with Crippen molar-refractivity contribution in [2.45, 2.75) is 27.7 Å². The Morgan fingerprint density at radius 2 is 1.63 bits per heavy atom. The van der Waals surface area contributed by atoms with Crippen LogP contribution in [-0.2, 0) is 20.1 Å². The van der Waals surface area contributed by atoms with Crippen molar-refractivity contribution in [1.82, 2.24) is 14.5 Å². The van der Waals surface area contributed by atoms with Gasteiger partial charge < -0.3 is 9.40 Å². The molecule has 0 spiro atoms. The van der Waals surface area contributed by atoms with Gasteiger partial charge in [0.1, 0.15) is 0 Å². The fourth-order valence-corrected chi connectivity index (χ4v) is 4.78. The molecule has 0 aliphatic carbocycles. The maximum absolute atomic E-state index is 6.10. The van der Waals surface area contributed by atoms with Crippen LogP contribution in [0.1, 0.15) is 26.3 Å². The first kappa shape index (κ1) is 28.3. The first-order valence-corrected chi connectivity index (χ1v) is 13.4. The summed E-state index contributed by atoms with van der Waals surface area (Å²) in [5.74, 6) is 0. The molecular weight excluding hydrogens is 685 g/mol. The number of benzene rings is 3. The van der Waals surface area contributed by atoms with Gasteiger partial charge in [0.05, 0.1) is 5.58 Å². The second-order valence-electron chi connectivity index (χ2n) is 11.1. The van der Waals surface area contributed by atoms with E-state index in [9.17, 15) is 0 Å². The van der Waals surface area contributed by atoms with E-state index in [0.717, 1.165) is 51.2 Å². The molecule has 7 rings (SSSR count). The van der Waals surface area contributed by atoms with Crippen LogP contribution >= 0.6 is 0 Å². The number of pyridine rings is 2. The van der Waals surface area contributed by atoms with Crippen LogP contribution in [0, 0.1) is 24.5 Å². The van der Waals surface area contributed by atoms with Crippen molar-refractivity contribution in [2.24, 2.45) is 5.41 Å². The Kier molecular flexibility index (Phi) is 8.10. The smallest absolute Gasteiger partial charge is 0.494 e. The predicted octanol–water partition coefficient (Wildman–Crippen LogP) is 8.35. The quantitative estimate of drug-likeness (QED) is 0.137. The molecule has 0 atom stereocenters. The summed E-state index contributed by atoms with van der Waals surface area (Å²) >= 11 is 0. The molecule has 0 saturated heterocycles. The van der Waals surface area contributed by atoms with Crippen molar-refractivity contribution >= 4 is 45.1 Å². The molecule has 0 saturated carbocycles. The van der Waals surface area contributed by atoms with Crippen LogP contribution in [-0.4, -0.2) is 27.1 Å². The summed E-state index contributed by atoms with van der Waals surface area (Å²) in [6.07, 6.45) is 3.62. The average Bonchev–Trinajstić information content (AvgIpc) is 3.52. The molecule has 1 aliphatic rings. The van der Waals surface area contributed by atoms with Crippen molar-refractivity contribution in [3.8, 4) is 11.3 Å². The second-order valence-corrected chi connectivity index (χ2v) is 11.1. The minimum Gasteiger partial charge on any atom is -0.495 e. The largest absolute Gasteiger partial charge is 0.495 e. The minimum absolute atomic E-state index is 0. The summed E-state index contributed by atoms with van der Waals surface area (Å²) in [6.45, 7) is 9.61. The average molecular weight is 715 g/mol. The number of furan rings is 1. The summed E-state index contributed by atoms with van der Waals surface area (Å²) in [5.41, 5.74) is 7.86. The summed E-state index contributed by atoms with van der Waals surface area (Å²) < 4.78 is 10.3. The van der Waals surface area contributed by atoms with Crippen LogP contribution in [0.2, 0.25) is 0 Å². The zero-order valence-corrected chi connectivity index (χ0v) is 25.9. The van der Waals surface area contributed by atoms with Crippen LogP contribution in [0.25, 0.3) is 33.3 Å². The number of rotatable bonds is 3. The van der Waals surface area contributed by atoms with Gasteiger partial charge in [-0.2, -0.15) is 12.1 Å². The van der Waals surface area contributed by atoms with E-state index in [1.54, 1.807) is 6.20 Å². The number of hydrogen-bond donors (Lipinski definition) is 0. The van der Waals surface area contributed by atoms with Crippen molar-refractivity contribution in [3.63, 3.8) is 0 Å². The summed E-state index contributed by atoms with van der Waals surface area (Å²) in [7, 11) is 0. The Labute approximate surface area is 253 Å². The van der Waals surface area contributed by atoms with Gasteiger partial charge in [0, 0.05) is 55.4 Å². The first-order valence-electron chi connectivity index (χ1n) is 13.4. The van der Waals surface area contributed by atoms with Crippen LogP contribution < -0.4 is 4.58 Å². The molecule has 6 heteroatoms. The van der Waals surface area contributed by atoms with Gasteiger partial charge in [-0.3, -0.25) is 0 Å². The van der Waals surface area contributed by atoms with E-state index in [0.29, 0.717) is 5.71 Å². The SMILES string of the molecule is CC(C)(C)C[N+]1=C=[N+](c2[c-]ccc3c2oc2ncccc23)c2ccccc21.Cc1ccc(-c2[c-]cccc2)nc1.[Ir]. The van der Waals surface area contributed by atoms with E-state index in [2.05, 4.69) is 83.8 Å². The molecule has 1 radical (unpaired) electrons. The van der Waals surface area contributed by atoms with E-state index in [1.165, 1.54) is 5.56 Å². The topological polar surface area (TPSA) is 44.9 Å². The van der Waals surface area contributed by atoms with Gasteiger partial charge in [-0.1, -0.05) is 59.6 Å². The molecule has 3 aromatic heterocycles. The number of nitrogens with zero attached hydrogens (tertiary/aromatic N) is 4. The number of aromatic nitrogens is 2. The second kappa shape index (κ2) is 11.7. The summed E-state index contributed by atoms with van der Waals surface area (Å²) in [6, 6.07) is 38.2. The maximum Gasteiger partial charge on any atom is 0.494 e. The van der Waals surface area contributed by atoms with E-state index >= 15 is 0 Å². The minimum atomic E-state index is 0. The van der Waals surface area contributed by atoms with Crippen molar-refractivity contribution < 1.29 is 29.1 Å². The molecule has 0 unspecified atom stereocenters. The fraction of sp³-hybridized carbons (Fsp3) is 0.171. The molecule has 205 valence electrons. The third-order valence-corrected chi connectivity index (χ3v) is 6.58. The Bertz CT molecular complexity index is 1890. The molecule has 4 heterocycles. The number of aryl methyl sites for hydroxylation is 1. The normalized spacial score (nSPS) is 12.2. The maximum atomic E-state index is 6.10. The molecule has 0 amide bonds. The molecule has 0 N–H and O–H groups in total. The Hall–Kier alpha value is -4.21. The van der Waals surface area contributed by atoms with Crippen molar-refractivity contribution in [3.05, 3.63) is 115 Å². The number of hydrogen-bond acceptors (Lipinski definition) is 3.